The zero-order chi connectivity index (χ0) is 14.6. The highest BCUT2D eigenvalue weighted by Gasteiger charge is 2.53. The van der Waals surface area contributed by atoms with Crippen LogP contribution in [-0.4, -0.2) is 6.04 Å². The molecule has 4 bridgehead atoms. The highest BCUT2D eigenvalue weighted by Crippen LogP contribution is 2.61. The lowest BCUT2D eigenvalue weighted by Crippen LogP contribution is -2.55. The van der Waals surface area contributed by atoms with Gasteiger partial charge < -0.3 is 5.73 Å². The molecule has 0 aromatic heterocycles. The largest absolute Gasteiger partial charge is 0.327 e. The summed E-state index contributed by atoms with van der Waals surface area (Å²) in [5.41, 5.74) is 7.71. The summed E-state index contributed by atoms with van der Waals surface area (Å²) in [6, 6.07) is 5.48. The van der Waals surface area contributed by atoms with Crippen LogP contribution in [0, 0.1) is 29.0 Å². The van der Waals surface area contributed by atoms with Crippen molar-refractivity contribution >= 4 is 15.9 Å². The Balaban J connectivity index is 1.56. The summed E-state index contributed by atoms with van der Waals surface area (Å²) in [5, 5.41) is 0. The molecule has 0 radical (unpaired) electrons. The standard InChI is InChI=1S/C18H23BrFN/c19-15-2-1-14(16(20)7-15)6-17(21)18-8-11-3-12(9-18)5-13(4-11)10-18/h1-2,7,11-13,17H,3-6,8-10,21H2. The Hall–Kier alpha value is -0.410. The average molecular weight is 352 g/mol. The number of hydrogen-bond acceptors (Lipinski definition) is 1. The molecule has 4 aliphatic carbocycles. The molecular formula is C18H23BrFN. The SMILES string of the molecule is NC(Cc1ccc(Br)cc1F)C12CC3CC(CC(C3)C1)C2. The van der Waals surface area contributed by atoms with E-state index >= 15 is 0 Å². The second kappa shape index (κ2) is 5.06. The van der Waals surface area contributed by atoms with Crippen molar-refractivity contribution in [2.24, 2.45) is 28.9 Å². The smallest absolute Gasteiger partial charge is 0.127 e. The minimum atomic E-state index is -0.121. The third kappa shape index (κ3) is 2.46. The van der Waals surface area contributed by atoms with Gasteiger partial charge in [-0.3, -0.25) is 0 Å². The van der Waals surface area contributed by atoms with E-state index in [1.54, 1.807) is 6.07 Å². The van der Waals surface area contributed by atoms with Gasteiger partial charge >= 0.3 is 0 Å². The van der Waals surface area contributed by atoms with E-state index in [9.17, 15) is 4.39 Å². The molecule has 5 rings (SSSR count). The fourth-order valence-corrected chi connectivity index (χ4v) is 6.11. The van der Waals surface area contributed by atoms with Crippen LogP contribution in [0.25, 0.3) is 0 Å². The summed E-state index contributed by atoms with van der Waals surface area (Å²) in [4.78, 5) is 0. The second-order valence-corrected chi connectivity index (χ2v) is 8.74. The maximum atomic E-state index is 14.1. The molecule has 1 atom stereocenters. The quantitative estimate of drug-likeness (QED) is 0.840. The fraction of sp³-hybridized carbons (Fsp3) is 0.667. The highest BCUT2D eigenvalue weighted by atomic mass is 79.9. The summed E-state index contributed by atoms with van der Waals surface area (Å²) in [6.45, 7) is 0. The average Bonchev–Trinajstić information content (AvgIpc) is 2.40. The predicted molar refractivity (Wildman–Crippen MR) is 86.4 cm³/mol. The van der Waals surface area contributed by atoms with Gasteiger partial charge in [0.15, 0.2) is 0 Å². The number of rotatable bonds is 3. The highest BCUT2D eigenvalue weighted by molar-refractivity contribution is 9.10. The van der Waals surface area contributed by atoms with E-state index in [4.69, 9.17) is 5.73 Å². The lowest BCUT2D eigenvalue weighted by molar-refractivity contribution is -0.0668. The van der Waals surface area contributed by atoms with Crippen LogP contribution in [0.15, 0.2) is 22.7 Å². The Kier molecular flexibility index (Phi) is 3.42. The van der Waals surface area contributed by atoms with E-state index in [0.29, 0.717) is 11.8 Å². The molecule has 1 nitrogen and oxygen atoms in total. The van der Waals surface area contributed by atoms with Crippen LogP contribution in [0.5, 0.6) is 0 Å². The summed E-state index contributed by atoms with van der Waals surface area (Å²) >= 11 is 3.32. The fourth-order valence-electron chi connectivity index (χ4n) is 5.77. The first kappa shape index (κ1) is 14.2. The molecule has 114 valence electrons. The van der Waals surface area contributed by atoms with Crippen molar-refractivity contribution in [1.82, 2.24) is 0 Å². The zero-order valence-electron chi connectivity index (χ0n) is 12.3. The molecule has 0 spiro atoms. The Bertz CT molecular complexity index is 521. The molecular weight excluding hydrogens is 329 g/mol. The molecule has 3 heteroatoms. The van der Waals surface area contributed by atoms with Crippen LogP contribution in [0.1, 0.15) is 44.1 Å². The normalized spacial score (nSPS) is 38.7. The molecule has 21 heavy (non-hydrogen) atoms. The van der Waals surface area contributed by atoms with Crippen LogP contribution < -0.4 is 5.73 Å². The summed E-state index contributed by atoms with van der Waals surface area (Å²) in [7, 11) is 0. The first-order chi connectivity index (χ1) is 10.0. The Labute approximate surface area is 134 Å². The molecule has 0 saturated heterocycles. The van der Waals surface area contributed by atoms with Crippen molar-refractivity contribution in [1.29, 1.82) is 0 Å². The van der Waals surface area contributed by atoms with Gasteiger partial charge in [-0.05, 0) is 85.8 Å². The molecule has 4 saturated carbocycles. The first-order valence-corrected chi connectivity index (χ1v) is 9.03. The number of nitrogens with two attached hydrogens (primary N) is 1. The predicted octanol–water partition coefficient (Wildman–Crippen LogP) is 4.67. The number of halogens is 2. The Morgan fingerprint density at radius 3 is 2.24 bits per heavy atom. The summed E-state index contributed by atoms with van der Waals surface area (Å²) in [5.74, 6) is 2.58. The van der Waals surface area contributed by atoms with Gasteiger partial charge in [0.05, 0.1) is 0 Å². The lowest BCUT2D eigenvalue weighted by Gasteiger charge is -2.59. The van der Waals surface area contributed by atoms with Gasteiger partial charge in [0.2, 0.25) is 0 Å². The van der Waals surface area contributed by atoms with E-state index in [1.807, 2.05) is 12.1 Å². The number of hydrogen-bond donors (Lipinski definition) is 1. The van der Waals surface area contributed by atoms with Gasteiger partial charge in [-0.1, -0.05) is 22.0 Å². The van der Waals surface area contributed by atoms with Crippen LogP contribution in [0.2, 0.25) is 0 Å². The molecule has 1 unspecified atom stereocenters. The van der Waals surface area contributed by atoms with Gasteiger partial charge in [-0.2, -0.15) is 0 Å². The van der Waals surface area contributed by atoms with Crippen LogP contribution in [0.3, 0.4) is 0 Å². The topological polar surface area (TPSA) is 26.0 Å². The Morgan fingerprint density at radius 1 is 1.14 bits per heavy atom. The second-order valence-electron chi connectivity index (χ2n) is 7.83. The van der Waals surface area contributed by atoms with Gasteiger partial charge in [-0.15, -0.1) is 0 Å². The van der Waals surface area contributed by atoms with Crippen molar-refractivity contribution in [2.45, 2.75) is 51.0 Å². The van der Waals surface area contributed by atoms with Gasteiger partial charge in [0, 0.05) is 10.5 Å². The Morgan fingerprint density at radius 2 is 1.71 bits per heavy atom. The third-order valence-electron chi connectivity index (χ3n) is 6.33. The van der Waals surface area contributed by atoms with Crippen molar-refractivity contribution < 1.29 is 4.39 Å². The molecule has 0 amide bonds. The van der Waals surface area contributed by atoms with Gasteiger partial charge in [-0.25, -0.2) is 4.39 Å². The van der Waals surface area contributed by atoms with Gasteiger partial charge in [0.1, 0.15) is 5.82 Å². The van der Waals surface area contributed by atoms with E-state index in [-0.39, 0.29) is 11.9 Å². The van der Waals surface area contributed by atoms with Crippen LogP contribution in [-0.2, 0) is 6.42 Å². The van der Waals surface area contributed by atoms with Gasteiger partial charge in [0.25, 0.3) is 0 Å². The first-order valence-electron chi connectivity index (χ1n) is 8.23. The lowest BCUT2D eigenvalue weighted by atomic mass is 9.47. The molecule has 0 aliphatic heterocycles. The van der Waals surface area contributed by atoms with E-state index < -0.39 is 0 Å². The minimum Gasteiger partial charge on any atom is -0.327 e. The van der Waals surface area contributed by atoms with E-state index in [0.717, 1.165) is 27.8 Å². The molecule has 4 aliphatic rings. The van der Waals surface area contributed by atoms with Crippen LogP contribution >= 0.6 is 15.9 Å². The maximum absolute atomic E-state index is 14.1. The summed E-state index contributed by atoms with van der Waals surface area (Å²) < 4.78 is 14.9. The molecule has 0 heterocycles. The summed E-state index contributed by atoms with van der Waals surface area (Å²) in [6.07, 6.45) is 8.84. The zero-order valence-corrected chi connectivity index (χ0v) is 13.9. The van der Waals surface area contributed by atoms with Crippen LogP contribution in [0.4, 0.5) is 4.39 Å². The maximum Gasteiger partial charge on any atom is 0.127 e. The van der Waals surface area contributed by atoms with E-state index in [2.05, 4.69) is 15.9 Å². The monoisotopic (exact) mass is 351 g/mol. The third-order valence-corrected chi connectivity index (χ3v) is 6.82. The van der Waals surface area contributed by atoms with Crippen molar-refractivity contribution in [3.63, 3.8) is 0 Å². The van der Waals surface area contributed by atoms with Crippen molar-refractivity contribution in [3.05, 3.63) is 34.1 Å². The molecule has 2 N–H and O–H groups in total. The number of benzene rings is 1. The van der Waals surface area contributed by atoms with E-state index in [1.165, 1.54) is 38.5 Å². The molecule has 1 aromatic carbocycles. The molecule has 1 aromatic rings. The molecule has 4 fully saturated rings. The van der Waals surface area contributed by atoms with Crippen molar-refractivity contribution in [2.75, 3.05) is 0 Å². The minimum absolute atomic E-state index is 0.113. The van der Waals surface area contributed by atoms with Crippen molar-refractivity contribution in [3.8, 4) is 0 Å².